The summed E-state index contributed by atoms with van der Waals surface area (Å²) in [6.45, 7) is 4.19. The highest BCUT2D eigenvalue weighted by molar-refractivity contribution is 5.89. The molecule has 4 rings (SSSR count). The molecule has 3 aromatic carbocycles. The van der Waals surface area contributed by atoms with E-state index in [0.29, 0.717) is 35.0 Å². The van der Waals surface area contributed by atoms with Gasteiger partial charge in [0, 0.05) is 31.3 Å². The molecule has 1 atom stereocenters. The van der Waals surface area contributed by atoms with Crippen molar-refractivity contribution in [2.45, 2.75) is 44.9 Å². The quantitative estimate of drug-likeness (QED) is 0.212. The molecule has 0 radical (unpaired) electrons. The minimum Gasteiger partial charge on any atom is -0.494 e. The Labute approximate surface area is 225 Å². The van der Waals surface area contributed by atoms with Crippen LogP contribution in [-0.4, -0.2) is 42.5 Å². The van der Waals surface area contributed by atoms with E-state index in [4.69, 9.17) is 14.2 Å². The van der Waals surface area contributed by atoms with Crippen molar-refractivity contribution in [1.29, 1.82) is 0 Å². The van der Waals surface area contributed by atoms with Crippen molar-refractivity contribution in [2.75, 3.05) is 27.4 Å². The molecule has 0 aliphatic heterocycles. The Hall–Kier alpha value is -3.56. The van der Waals surface area contributed by atoms with Gasteiger partial charge in [0.2, 0.25) is 0 Å². The van der Waals surface area contributed by atoms with Crippen LogP contribution in [0.3, 0.4) is 0 Å². The van der Waals surface area contributed by atoms with Crippen molar-refractivity contribution in [3.63, 3.8) is 0 Å². The van der Waals surface area contributed by atoms with E-state index in [9.17, 15) is 18.3 Å². The molecule has 0 amide bonds. The number of halogens is 3. The number of methoxy groups -OCH3 is 2. The van der Waals surface area contributed by atoms with E-state index in [1.54, 1.807) is 24.3 Å². The minimum absolute atomic E-state index is 0.101. The zero-order chi connectivity index (χ0) is 28.2. The van der Waals surface area contributed by atoms with E-state index in [-0.39, 0.29) is 42.0 Å². The van der Waals surface area contributed by atoms with E-state index in [1.165, 1.54) is 20.3 Å². The molecule has 9 heteroatoms. The summed E-state index contributed by atoms with van der Waals surface area (Å²) in [7, 11) is 2.89. The topological polar surface area (TPSA) is 76.6 Å². The number of aliphatic hydroxyl groups is 1. The number of alkyl halides is 3. The molecule has 39 heavy (non-hydrogen) atoms. The zero-order valence-electron chi connectivity index (χ0n) is 22.4. The normalized spacial score (nSPS) is 12.7. The maximum Gasteiger partial charge on any atom is 0.418 e. The Morgan fingerprint density at radius 3 is 2.33 bits per heavy atom. The highest BCUT2D eigenvalue weighted by atomic mass is 19.4. The van der Waals surface area contributed by atoms with Gasteiger partial charge in [-0.25, -0.2) is 4.98 Å². The van der Waals surface area contributed by atoms with Gasteiger partial charge in [0.15, 0.2) is 0 Å². The number of nitrogens with one attached hydrogen (secondary N) is 1. The van der Waals surface area contributed by atoms with Gasteiger partial charge in [-0.15, -0.1) is 0 Å². The third-order valence-electron chi connectivity index (χ3n) is 6.67. The average Bonchev–Trinajstić information content (AvgIpc) is 3.35. The third-order valence-corrected chi connectivity index (χ3v) is 6.67. The van der Waals surface area contributed by atoms with Gasteiger partial charge in [-0.05, 0) is 35.6 Å². The number of aliphatic hydroxyl groups excluding tert-OH is 1. The van der Waals surface area contributed by atoms with Crippen LogP contribution in [0.4, 0.5) is 13.2 Å². The van der Waals surface area contributed by atoms with Crippen LogP contribution in [0, 0.1) is 0 Å². The van der Waals surface area contributed by atoms with Gasteiger partial charge < -0.3 is 24.3 Å². The lowest BCUT2D eigenvalue weighted by Crippen LogP contribution is -2.19. The average molecular weight is 543 g/mol. The molecule has 0 saturated heterocycles. The van der Waals surface area contributed by atoms with Gasteiger partial charge in [-0.3, -0.25) is 0 Å². The number of benzene rings is 3. The number of hydrogen-bond acceptors (Lipinski definition) is 5. The first-order chi connectivity index (χ1) is 18.7. The van der Waals surface area contributed by atoms with Crippen LogP contribution in [0.5, 0.6) is 11.5 Å². The number of ether oxygens (including phenoxy) is 3. The fourth-order valence-electron chi connectivity index (χ4n) is 4.63. The molecule has 1 unspecified atom stereocenters. The maximum atomic E-state index is 14.8. The summed E-state index contributed by atoms with van der Waals surface area (Å²) in [6, 6.07) is 15.9. The largest absolute Gasteiger partial charge is 0.494 e. The van der Waals surface area contributed by atoms with Gasteiger partial charge in [-0.2, -0.15) is 13.2 Å². The van der Waals surface area contributed by atoms with Crippen LogP contribution < -0.4 is 9.47 Å². The van der Waals surface area contributed by atoms with Gasteiger partial charge in [0.1, 0.15) is 34.5 Å². The maximum absolute atomic E-state index is 14.8. The second kappa shape index (κ2) is 12.1. The second-order valence-electron chi connectivity index (χ2n) is 9.60. The zero-order valence-corrected chi connectivity index (χ0v) is 22.4. The molecule has 0 aliphatic carbocycles. The molecule has 0 saturated carbocycles. The molecule has 0 bridgehead atoms. The van der Waals surface area contributed by atoms with Crippen LogP contribution in [0.15, 0.2) is 54.6 Å². The van der Waals surface area contributed by atoms with Crippen LogP contribution in [-0.2, 0) is 17.3 Å². The third kappa shape index (κ3) is 6.20. The number of rotatable bonds is 11. The molecule has 0 spiro atoms. The number of nitrogens with zero attached hydrogens (tertiary/aromatic N) is 1. The van der Waals surface area contributed by atoms with Gasteiger partial charge >= 0.3 is 6.18 Å². The number of imidazole rings is 1. The van der Waals surface area contributed by atoms with E-state index in [0.717, 1.165) is 5.56 Å². The second-order valence-corrected chi connectivity index (χ2v) is 9.60. The van der Waals surface area contributed by atoms with Gasteiger partial charge in [-0.1, -0.05) is 56.3 Å². The Morgan fingerprint density at radius 1 is 1.00 bits per heavy atom. The number of hydrogen-bond donors (Lipinski definition) is 2. The minimum atomic E-state index is -4.73. The van der Waals surface area contributed by atoms with Gasteiger partial charge in [0.05, 0.1) is 19.3 Å². The van der Waals surface area contributed by atoms with Gasteiger partial charge in [0.25, 0.3) is 0 Å². The molecular weight excluding hydrogens is 509 g/mol. The van der Waals surface area contributed by atoms with Crippen LogP contribution in [0.25, 0.3) is 22.4 Å². The van der Waals surface area contributed by atoms with Crippen molar-refractivity contribution in [1.82, 2.24) is 9.97 Å². The Balaban J connectivity index is 1.90. The molecular formula is C30H33F3N2O4. The van der Waals surface area contributed by atoms with E-state index in [2.05, 4.69) is 23.8 Å². The smallest absolute Gasteiger partial charge is 0.418 e. The summed E-state index contributed by atoms with van der Waals surface area (Å²) < 4.78 is 61.3. The Bertz CT molecular complexity index is 1400. The summed E-state index contributed by atoms with van der Waals surface area (Å²) in [6.07, 6.45) is -5.30. The molecule has 1 heterocycles. The molecule has 0 aliphatic rings. The first-order valence-electron chi connectivity index (χ1n) is 12.8. The summed E-state index contributed by atoms with van der Waals surface area (Å²) >= 11 is 0. The van der Waals surface area contributed by atoms with Crippen LogP contribution in [0.2, 0.25) is 0 Å². The lowest BCUT2D eigenvalue weighted by atomic mass is 9.97. The number of para-hydroxylation sites is 1. The predicted octanol–water partition coefficient (Wildman–Crippen LogP) is 7.07. The van der Waals surface area contributed by atoms with Crippen molar-refractivity contribution in [3.8, 4) is 22.9 Å². The molecule has 4 aromatic rings. The Morgan fingerprint density at radius 2 is 1.72 bits per heavy atom. The number of aromatic amines is 1. The lowest BCUT2D eigenvalue weighted by Gasteiger charge is -2.25. The highest BCUT2D eigenvalue weighted by Gasteiger charge is 2.40. The Kier molecular flexibility index (Phi) is 8.82. The summed E-state index contributed by atoms with van der Waals surface area (Å²) in [5.74, 6) is 1.25. The molecule has 2 N–H and O–H groups in total. The predicted molar refractivity (Wildman–Crippen MR) is 144 cm³/mol. The van der Waals surface area contributed by atoms with E-state index in [1.807, 2.05) is 24.3 Å². The van der Waals surface area contributed by atoms with E-state index < -0.39 is 17.8 Å². The summed E-state index contributed by atoms with van der Waals surface area (Å²) in [5, 5.41) is 9.46. The molecule has 208 valence electrons. The summed E-state index contributed by atoms with van der Waals surface area (Å²) in [4.78, 5) is 7.48. The lowest BCUT2D eigenvalue weighted by molar-refractivity contribution is -0.137. The fourth-order valence-corrected chi connectivity index (χ4v) is 4.63. The van der Waals surface area contributed by atoms with Crippen LogP contribution in [0.1, 0.15) is 54.5 Å². The first kappa shape index (κ1) is 28.4. The standard InChI is InChI=1S/C30H33F3N2O4/c1-18(2)19-9-11-21(12-10-19)29-34-27-25(38-4)17-22(26(28(27)35-29)30(31,32)33)24(14-16-37-3)39-23-8-6-5-7-20(23)13-15-36/h5-12,17-18,24,36H,13-16H2,1-4H3,(H,34,35). The number of H-pyrrole nitrogens is 1. The van der Waals surface area contributed by atoms with Crippen LogP contribution >= 0.6 is 0 Å². The number of aromatic nitrogens is 2. The molecule has 1 aromatic heterocycles. The highest BCUT2D eigenvalue weighted by Crippen LogP contribution is 2.45. The molecule has 0 fully saturated rings. The first-order valence-corrected chi connectivity index (χ1v) is 12.8. The van der Waals surface area contributed by atoms with Crippen molar-refractivity contribution < 1.29 is 32.5 Å². The van der Waals surface area contributed by atoms with E-state index >= 15 is 0 Å². The summed E-state index contributed by atoms with van der Waals surface area (Å²) in [5.41, 5.74) is 1.40. The monoisotopic (exact) mass is 542 g/mol. The van der Waals surface area contributed by atoms with Crippen molar-refractivity contribution in [2.24, 2.45) is 0 Å². The molecule has 6 nitrogen and oxygen atoms in total. The SMILES string of the molecule is COCCC(Oc1ccccc1CCO)c1cc(OC)c2[nH]c(-c3ccc(C(C)C)cc3)nc2c1C(F)(F)F. The number of fused-ring (bicyclic) bond motifs is 1. The fraction of sp³-hybridized carbons (Fsp3) is 0.367. The van der Waals surface area contributed by atoms with Crippen molar-refractivity contribution >= 4 is 11.0 Å². The van der Waals surface area contributed by atoms with Crippen molar-refractivity contribution in [3.05, 3.63) is 76.9 Å².